The molecule has 3 rings (SSSR count). The van der Waals surface area contributed by atoms with Crippen molar-refractivity contribution in [1.82, 2.24) is 9.80 Å². The Labute approximate surface area is 125 Å². The lowest BCUT2D eigenvalue weighted by atomic mass is 10.0. The summed E-state index contributed by atoms with van der Waals surface area (Å²) >= 11 is 0. The van der Waals surface area contributed by atoms with Crippen LogP contribution in [-0.2, 0) is 0 Å². The van der Waals surface area contributed by atoms with E-state index in [2.05, 4.69) is 11.9 Å². The van der Waals surface area contributed by atoms with E-state index in [0.717, 1.165) is 43.4 Å². The summed E-state index contributed by atoms with van der Waals surface area (Å²) in [5.74, 6) is 0.0496. The molecule has 2 N–H and O–H groups in total. The average Bonchev–Trinajstić information content (AvgIpc) is 2.70. The molecule has 1 saturated heterocycles. The third-order valence-electron chi connectivity index (χ3n) is 4.15. The highest BCUT2D eigenvalue weighted by molar-refractivity contribution is 6.03. The van der Waals surface area contributed by atoms with Gasteiger partial charge in [-0.2, -0.15) is 0 Å². The number of hydrogen-bond acceptors (Lipinski definition) is 3. The molecule has 1 aliphatic rings. The summed E-state index contributed by atoms with van der Waals surface area (Å²) in [7, 11) is 2.10. The summed E-state index contributed by atoms with van der Waals surface area (Å²) in [6.45, 7) is 3.52. The lowest BCUT2D eigenvalue weighted by molar-refractivity contribution is 0.0764. The van der Waals surface area contributed by atoms with Crippen molar-refractivity contribution in [1.29, 1.82) is 0 Å². The van der Waals surface area contributed by atoms with Crippen molar-refractivity contribution >= 4 is 22.4 Å². The van der Waals surface area contributed by atoms with Gasteiger partial charge in [0.1, 0.15) is 0 Å². The van der Waals surface area contributed by atoms with Gasteiger partial charge < -0.3 is 15.5 Å². The van der Waals surface area contributed by atoms with E-state index >= 15 is 0 Å². The molecule has 2 aromatic carbocycles. The normalized spacial score (nSPS) is 16.9. The third kappa shape index (κ3) is 2.85. The highest BCUT2D eigenvalue weighted by atomic mass is 16.2. The van der Waals surface area contributed by atoms with E-state index in [-0.39, 0.29) is 5.91 Å². The monoisotopic (exact) mass is 283 g/mol. The number of rotatable bonds is 1. The Bertz CT molecular complexity index is 668. The maximum absolute atomic E-state index is 12.8. The predicted molar refractivity (Wildman–Crippen MR) is 86.4 cm³/mol. The van der Waals surface area contributed by atoms with Gasteiger partial charge >= 0.3 is 0 Å². The summed E-state index contributed by atoms with van der Waals surface area (Å²) in [4.78, 5) is 16.9. The molecule has 4 nitrogen and oxygen atoms in total. The van der Waals surface area contributed by atoms with Gasteiger partial charge in [0.15, 0.2) is 0 Å². The van der Waals surface area contributed by atoms with Crippen molar-refractivity contribution in [3.8, 4) is 0 Å². The standard InChI is InChI=1S/C17H21N3O/c1-19-7-4-8-20(10-9-19)17(21)15-11-13-5-2-3-6-14(13)12-16(15)18/h2-3,5-6,11-12H,4,7-10,18H2,1H3. The van der Waals surface area contributed by atoms with Gasteiger partial charge in [0.2, 0.25) is 0 Å². The van der Waals surface area contributed by atoms with Crippen LogP contribution >= 0.6 is 0 Å². The van der Waals surface area contributed by atoms with Crippen LogP contribution in [0.3, 0.4) is 0 Å². The molecule has 2 aromatic rings. The minimum Gasteiger partial charge on any atom is -0.398 e. The number of amides is 1. The SMILES string of the molecule is CN1CCCN(C(=O)c2cc3ccccc3cc2N)CC1. The predicted octanol–water partition coefficient (Wildman–Crippen LogP) is 2.20. The van der Waals surface area contributed by atoms with Crippen molar-refractivity contribution in [2.24, 2.45) is 0 Å². The van der Waals surface area contributed by atoms with Crippen LogP contribution in [0, 0.1) is 0 Å². The highest BCUT2D eigenvalue weighted by Gasteiger charge is 2.20. The molecule has 0 atom stereocenters. The van der Waals surface area contributed by atoms with E-state index in [4.69, 9.17) is 5.73 Å². The van der Waals surface area contributed by atoms with Gasteiger partial charge in [-0.3, -0.25) is 4.79 Å². The summed E-state index contributed by atoms with van der Waals surface area (Å²) < 4.78 is 0. The van der Waals surface area contributed by atoms with Crippen LogP contribution in [0.1, 0.15) is 16.8 Å². The number of hydrogen-bond donors (Lipinski definition) is 1. The molecule has 1 fully saturated rings. The quantitative estimate of drug-likeness (QED) is 0.816. The Kier molecular flexibility index (Phi) is 3.80. The van der Waals surface area contributed by atoms with Gasteiger partial charge in [-0.1, -0.05) is 24.3 Å². The van der Waals surface area contributed by atoms with E-state index in [1.54, 1.807) is 0 Å². The van der Waals surface area contributed by atoms with Crippen molar-refractivity contribution in [3.63, 3.8) is 0 Å². The number of benzene rings is 2. The van der Waals surface area contributed by atoms with Crippen molar-refractivity contribution in [2.45, 2.75) is 6.42 Å². The molecule has 110 valence electrons. The third-order valence-corrected chi connectivity index (χ3v) is 4.15. The van der Waals surface area contributed by atoms with Gasteiger partial charge in [-0.15, -0.1) is 0 Å². The van der Waals surface area contributed by atoms with Crippen molar-refractivity contribution in [3.05, 3.63) is 42.0 Å². The van der Waals surface area contributed by atoms with Crippen molar-refractivity contribution < 1.29 is 4.79 Å². The minimum absolute atomic E-state index is 0.0496. The minimum atomic E-state index is 0.0496. The van der Waals surface area contributed by atoms with Gasteiger partial charge in [0.25, 0.3) is 5.91 Å². The van der Waals surface area contributed by atoms with Crippen LogP contribution in [0.2, 0.25) is 0 Å². The summed E-state index contributed by atoms with van der Waals surface area (Å²) in [6.07, 6.45) is 1.01. The number of carbonyl (C=O) groups is 1. The second-order valence-corrected chi connectivity index (χ2v) is 5.74. The maximum Gasteiger partial charge on any atom is 0.256 e. The van der Waals surface area contributed by atoms with Crippen LogP contribution in [-0.4, -0.2) is 48.9 Å². The molecular weight excluding hydrogens is 262 g/mol. The molecule has 0 aromatic heterocycles. The average molecular weight is 283 g/mol. The number of nitrogens with zero attached hydrogens (tertiary/aromatic N) is 2. The van der Waals surface area contributed by atoms with Crippen LogP contribution in [0.4, 0.5) is 5.69 Å². The second kappa shape index (κ2) is 5.74. The molecule has 0 bridgehead atoms. The first kappa shape index (κ1) is 13.9. The number of likely N-dealkylation sites (N-methyl/N-ethyl adjacent to an activating group) is 1. The Morgan fingerprint density at radius 2 is 1.76 bits per heavy atom. The fraction of sp³-hybridized carbons (Fsp3) is 0.353. The fourth-order valence-electron chi connectivity index (χ4n) is 2.86. The van der Waals surface area contributed by atoms with Crippen LogP contribution in [0.15, 0.2) is 36.4 Å². The zero-order valence-corrected chi connectivity index (χ0v) is 12.4. The molecule has 0 radical (unpaired) electrons. The van der Waals surface area contributed by atoms with Crippen molar-refractivity contribution in [2.75, 3.05) is 39.0 Å². The lowest BCUT2D eigenvalue weighted by Crippen LogP contribution is -2.34. The van der Waals surface area contributed by atoms with E-state index in [1.807, 2.05) is 41.3 Å². The largest absolute Gasteiger partial charge is 0.398 e. The fourth-order valence-corrected chi connectivity index (χ4v) is 2.86. The number of carbonyl (C=O) groups excluding carboxylic acids is 1. The first-order valence-corrected chi connectivity index (χ1v) is 7.41. The zero-order valence-electron chi connectivity index (χ0n) is 12.4. The molecule has 0 saturated carbocycles. The number of nitrogens with two attached hydrogens (primary N) is 1. The topological polar surface area (TPSA) is 49.6 Å². The molecular formula is C17H21N3O. The van der Waals surface area contributed by atoms with Gasteiger partial charge in [-0.05, 0) is 42.9 Å². The molecule has 21 heavy (non-hydrogen) atoms. The Morgan fingerprint density at radius 1 is 1.05 bits per heavy atom. The molecule has 4 heteroatoms. The van der Waals surface area contributed by atoms with E-state index in [1.165, 1.54) is 0 Å². The Balaban J connectivity index is 1.91. The molecule has 0 spiro atoms. The van der Waals surface area contributed by atoms with Gasteiger partial charge in [-0.25, -0.2) is 0 Å². The lowest BCUT2D eigenvalue weighted by Gasteiger charge is -2.21. The van der Waals surface area contributed by atoms with E-state index in [0.29, 0.717) is 11.3 Å². The number of anilines is 1. The zero-order chi connectivity index (χ0) is 14.8. The number of nitrogen functional groups attached to an aromatic ring is 1. The van der Waals surface area contributed by atoms with Crippen LogP contribution in [0.25, 0.3) is 10.8 Å². The first-order valence-electron chi connectivity index (χ1n) is 7.41. The smallest absolute Gasteiger partial charge is 0.256 e. The first-order chi connectivity index (χ1) is 10.1. The second-order valence-electron chi connectivity index (χ2n) is 5.74. The molecule has 1 heterocycles. The maximum atomic E-state index is 12.8. The van der Waals surface area contributed by atoms with E-state index < -0.39 is 0 Å². The number of fused-ring (bicyclic) bond motifs is 1. The summed E-state index contributed by atoms with van der Waals surface area (Å²) in [5, 5.41) is 2.13. The van der Waals surface area contributed by atoms with Gasteiger partial charge in [0, 0.05) is 25.3 Å². The Morgan fingerprint density at radius 3 is 2.52 bits per heavy atom. The highest BCUT2D eigenvalue weighted by Crippen LogP contribution is 2.23. The summed E-state index contributed by atoms with van der Waals surface area (Å²) in [5.41, 5.74) is 7.29. The summed E-state index contributed by atoms with van der Waals surface area (Å²) in [6, 6.07) is 11.8. The van der Waals surface area contributed by atoms with Gasteiger partial charge in [0.05, 0.1) is 5.56 Å². The molecule has 0 unspecified atom stereocenters. The molecule has 1 aliphatic heterocycles. The molecule has 0 aliphatic carbocycles. The van der Waals surface area contributed by atoms with E-state index in [9.17, 15) is 4.79 Å². The van der Waals surface area contributed by atoms with Crippen LogP contribution in [0.5, 0.6) is 0 Å². The van der Waals surface area contributed by atoms with Crippen LogP contribution < -0.4 is 5.73 Å². The molecule has 1 amide bonds. The Hall–Kier alpha value is -2.07.